The van der Waals surface area contributed by atoms with Crippen LogP contribution in [0.4, 0.5) is 4.39 Å². The van der Waals surface area contributed by atoms with Gasteiger partial charge in [-0.3, -0.25) is 14.7 Å². The van der Waals surface area contributed by atoms with Gasteiger partial charge in [0.1, 0.15) is 5.82 Å². The number of rotatable bonds is 3. The van der Waals surface area contributed by atoms with Crippen molar-refractivity contribution in [2.24, 2.45) is 0 Å². The molecular formula is C17H18ClFN4O2. The van der Waals surface area contributed by atoms with Crippen LogP contribution in [0.3, 0.4) is 0 Å². The molecule has 25 heavy (non-hydrogen) atoms. The Morgan fingerprint density at radius 3 is 2.32 bits per heavy atom. The third-order valence-electron chi connectivity index (χ3n) is 4.32. The standard InChI is InChI=1S/C17H18ClFN4O2/c1-2-15-13(10-20-21-15)17(25)23-7-5-22(6-8-23)16(24)12-4-3-11(19)9-14(12)18/h3-4,9-10H,2,5-8H2,1H3,(H,20,21). The predicted molar refractivity (Wildman–Crippen MR) is 91.2 cm³/mol. The summed E-state index contributed by atoms with van der Waals surface area (Å²) in [6.07, 6.45) is 2.24. The van der Waals surface area contributed by atoms with Crippen molar-refractivity contribution in [3.63, 3.8) is 0 Å². The number of carbonyl (C=O) groups is 2. The van der Waals surface area contributed by atoms with Gasteiger partial charge in [-0.1, -0.05) is 18.5 Å². The molecule has 1 N–H and O–H groups in total. The first-order chi connectivity index (χ1) is 12.0. The molecule has 2 amide bonds. The van der Waals surface area contributed by atoms with Crippen LogP contribution in [-0.2, 0) is 6.42 Å². The van der Waals surface area contributed by atoms with Gasteiger partial charge in [-0.25, -0.2) is 4.39 Å². The van der Waals surface area contributed by atoms with E-state index < -0.39 is 5.82 Å². The lowest BCUT2D eigenvalue weighted by molar-refractivity contribution is 0.0535. The number of nitrogens with one attached hydrogen (secondary N) is 1. The number of amides is 2. The fourth-order valence-corrected chi connectivity index (χ4v) is 3.13. The van der Waals surface area contributed by atoms with Crippen molar-refractivity contribution in [2.45, 2.75) is 13.3 Å². The number of hydrogen-bond donors (Lipinski definition) is 1. The van der Waals surface area contributed by atoms with Crippen LogP contribution < -0.4 is 0 Å². The number of aromatic amines is 1. The lowest BCUT2D eigenvalue weighted by atomic mass is 10.1. The van der Waals surface area contributed by atoms with Gasteiger partial charge in [0.25, 0.3) is 11.8 Å². The fraction of sp³-hybridized carbons (Fsp3) is 0.353. The Labute approximate surface area is 149 Å². The van der Waals surface area contributed by atoms with Crippen LogP contribution in [0.25, 0.3) is 0 Å². The number of aryl methyl sites for hydroxylation is 1. The summed E-state index contributed by atoms with van der Waals surface area (Å²) in [6.45, 7) is 3.61. The maximum atomic E-state index is 13.1. The van der Waals surface area contributed by atoms with Crippen LogP contribution in [0, 0.1) is 5.82 Å². The zero-order chi connectivity index (χ0) is 18.0. The molecule has 1 aliphatic rings. The SMILES string of the molecule is CCc1[nH]ncc1C(=O)N1CCN(C(=O)c2ccc(F)cc2Cl)CC1. The quantitative estimate of drug-likeness (QED) is 0.909. The molecule has 0 atom stereocenters. The highest BCUT2D eigenvalue weighted by atomic mass is 35.5. The third kappa shape index (κ3) is 3.51. The Morgan fingerprint density at radius 2 is 1.76 bits per heavy atom. The highest BCUT2D eigenvalue weighted by molar-refractivity contribution is 6.33. The molecule has 0 radical (unpaired) electrons. The van der Waals surface area contributed by atoms with E-state index >= 15 is 0 Å². The number of benzene rings is 1. The van der Waals surface area contributed by atoms with E-state index in [2.05, 4.69) is 10.2 Å². The number of aromatic nitrogens is 2. The van der Waals surface area contributed by atoms with Gasteiger partial charge in [0.2, 0.25) is 0 Å². The summed E-state index contributed by atoms with van der Waals surface area (Å²) < 4.78 is 13.1. The topological polar surface area (TPSA) is 69.3 Å². The molecule has 6 nitrogen and oxygen atoms in total. The van der Waals surface area contributed by atoms with Crippen molar-refractivity contribution in [2.75, 3.05) is 26.2 Å². The molecule has 1 aromatic heterocycles. The molecule has 0 spiro atoms. The van der Waals surface area contributed by atoms with E-state index in [1.165, 1.54) is 18.3 Å². The van der Waals surface area contributed by atoms with Crippen molar-refractivity contribution in [1.82, 2.24) is 20.0 Å². The fourth-order valence-electron chi connectivity index (χ4n) is 2.88. The number of H-pyrrole nitrogens is 1. The molecular weight excluding hydrogens is 347 g/mol. The minimum absolute atomic E-state index is 0.0856. The van der Waals surface area contributed by atoms with E-state index in [1.54, 1.807) is 9.80 Å². The van der Waals surface area contributed by atoms with Crippen LogP contribution in [0.5, 0.6) is 0 Å². The second-order valence-corrected chi connectivity index (χ2v) is 6.23. The first kappa shape index (κ1) is 17.4. The Balaban J connectivity index is 1.65. The number of carbonyl (C=O) groups excluding carboxylic acids is 2. The van der Waals surface area contributed by atoms with Crippen molar-refractivity contribution in [3.05, 3.63) is 52.1 Å². The molecule has 3 rings (SSSR count). The second-order valence-electron chi connectivity index (χ2n) is 5.82. The van der Waals surface area contributed by atoms with Crippen LogP contribution >= 0.6 is 11.6 Å². The second kappa shape index (κ2) is 7.23. The van der Waals surface area contributed by atoms with Gasteiger partial charge in [0.05, 0.1) is 22.3 Å². The summed E-state index contributed by atoms with van der Waals surface area (Å²) in [4.78, 5) is 28.4. The minimum atomic E-state index is -0.483. The Hall–Kier alpha value is -2.41. The Kier molecular flexibility index (Phi) is 5.03. The number of nitrogens with zero attached hydrogens (tertiary/aromatic N) is 3. The van der Waals surface area contributed by atoms with Gasteiger partial charge in [0.15, 0.2) is 0 Å². The van der Waals surface area contributed by atoms with Crippen molar-refractivity contribution < 1.29 is 14.0 Å². The normalized spacial score (nSPS) is 14.7. The molecule has 2 heterocycles. The molecule has 1 aromatic carbocycles. The van der Waals surface area contributed by atoms with Crippen molar-refractivity contribution >= 4 is 23.4 Å². The van der Waals surface area contributed by atoms with Crippen LogP contribution in [0.2, 0.25) is 5.02 Å². The summed E-state index contributed by atoms with van der Waals surface area (Å²) in [5, 5.41) is 6.85. The summed E-state index contributed by atoms with van der Waals surface area (Å²) in [6, 6.07) is 3.72. The lowest BCUT2D eigenvalue weighted by Gasteiger charge is -2.35. The van der Waals surface area contributed by atoms with E-state index in [0.717, 1.165) is 11.8 Å². The van der Waals surface area contributed by atoms with Gasteiger partial charge < -0.3 is 9.80 Å². The number of hydrogen-bond acceptors (Lipinski definition) is 3. The van der Waals surface area contributed by atoms with Crippen LogP contribution in [-0.4, -0.2) is 58.0 Å². The molecule has 1 aliphatic heterocycles. The van der Waals surface area contributed by atoms with Crippen LogP contribution in [0.1, 0.15) is 33.3 Å². The van der Waals surface area contributed by atoms with E-state index in [1.807, 2.05) is 6.92 Å². The van der Waals surface area contributed by atoms with E-state index in [-0.39, 0.29) is 22.4 Å². The molecule has 8 heteroatoms. The molecule has 0 unspecified atom stereocenters. The zero-order valence-corrected chi connectivity index (χ0v) is 14.5. The van der Waals surface area contributed by atoms with E-state index in [0.29, 0.717) is 38.2 Å². The highest BCUT2D eigenvalue weighted by Gasteiger charge is 2.27. The molecule has 1 fully saturated rings. The lowest BCUT2D eigenvalue weighted by Crippen LogP contribution is -2.50. The molecule has 1 saturated heterocycles. The number of piperazine rings is 1. The first-order valence-corrected chi connectivity index (χ1v) is 8.45. The van der Waals surface area contributed by atoms with Gasteiger partial charge in [-0.15, -0.1) is 0 Å². The minimum Gasteiger partial charge on any atom is -0.335 e. The Morgan fingerprint density at radius 1 is 1.16 bits per heavy atom. The van der Waals surface area contributed by atoms with Crippen LogP contribution in [0.15, 0.2) is 24.4 Å². The monoisotopic (exact) mass is 364 g/mol. The predicted octanol–water partition coefficient (Wildman–Crippen LogP) is 2.36. The summed E-state index contributed by atoms with van der Waals surface area (Å²) in [5.74, 6) is -0.823. The molecule has 0 aliphatic carbocycles. The summed E-state index contributed by atoms with van der Waals surface area (Å²) >= 11 is 5.96. The van der Waals surface area contributed by atoms with Gasteiger partial charge in [-0.2, -0.15) is 5.10 Å². The maximum absolute atomic E-state index is 13.1. The first-order valence-electron chi connectivity index (χ1n) is 8.07. The van der Waals surface area contributed by atoms with Gasteiger partial charge >= 0.3 is 0 Å². The van der Waals surface area contributed by atoms with E-state index in [9.17, 15) is 14.0 Å². The maximum Gasteiger partial charge on any atom is 0.257 e. The molecule has 132 valence electrons. The third-order valence-corrected chi connectivity index (χ3v) is 4.63. The smallest absolute Gasteiger partial charge is 0.257 e. The van der Waals surface area contributed by atoms with Gasteiger partial charge in [-0.05, 0) is 24.6 Å². The molecule has 0 saturated carbocycles. The molecule has 0 bridgehead atoms. The molecule has 2 aromatic rings. The van der Waals surface area contributed by atoms with Gasteiger partial charge in [0, 0.05) is 31.9 Å². The average molecular weight is 365 g/mol. The number of halogens is 2. The van der Waals surface area contributed by atoms with Crippen molar-refractivity contribution in [1.29, 1.82) is 0 Å². The largest absolute Gasteiger partial charge is 0.335 e. The average Bonchev–Trinajstić information content (AvgIpc) is 3.09. The Bertz CT molecular complexity index is 800. The van der Waals surface area contributed by atoms with Crippen molar-refractivity contribution in [3.8, 4) is 0 Å². The summed E-state index contributed by atoms with van der Waals surface area (Å²) in [7, 11) is 0. The zero-order valence-electron chi connectivity index (χ0n) is 13.8. The highest BCUT2D eigenvalue weighted by Crippen LogP contribution is 2.20. The van der Waals surface area contributed by atoms with E-state index in [4.69, 9.17) is 11.6 Å². The summed E-state index contributed by atoms with van der Waals surface area (Å²) in [5.41, 5.74) is 1.65.